The molecule has 0 aliphatic rings. The number of ether oxygens (including phenoxy) is 3. The largest absolute Gasteiger partial charge is 0.497 e. The predicted molar refractivity (Wildman–Crippen MR) is 54.5 cm³/mol. The van der Waals surface area contributed by atoms with Crippen molar-refractivity contribution in [3.63, 3.8) is 0 Å². The van der Waals surface area contributed by atoms with Crippen LogP contribution in [0.3, 0.4) is 0 Å². The first-order valence-electron chi connectivity index (χ1n) is 4.24. The minimum Gasteiger partial charge on any atom is -0.497 e. The second-order valence-electron chi connectivity index (χ2n) is 2.70. The fraction of sp³-hybridized carbons (Fsp3) is 0.273. The smallest absolute Gasteiger partial charge is 0.122 e. The van der Waals surface area contributed by atoms with Crippen LogP contribution in [0.25, 0.3) is 0 Å². The van der Waals surface area contributed by atoms with Gasteiger partial charge in [-0.15, -0.1) is 0 Å². The van der Waals surface area contributed by atoms with Crippen LogP contribution >= 0.6 is 0 Å². The van der Waals surface area contributed by atoms with Gasteiger partial charge in [-0.05, 0) is 17.7 Å². The monoisotopic (exact) mass is 194 g/mol. The Morgan fingerprint density at radius 1 is 1.14 bits per heavy atom. The summed E-state index contributed by atoms with van der Waals surface area (Å²) < 4.78 is 15.3. The molecule has 0 amide bonds. The second kappa shape index (κ2) is 5.17. The van der Waals surface area contributed by atoms with Crippen LogP contribution < -0.4 is 9.47 Å². The minimum atomic E-state index is 0.469. The SMILES string of the molecule is C=COCc1cc(OC)cc(OC)c1. The zero-order valence-electron chi connectivity index (χ0n) is 8.45. The highest BCUT2D eigenvalue weighted by molar-refractivity contribution is 5.38. The van der Waals surface area contributed by atoms with Crippen LogP contribution in [0.15, 0.2) is 31.0 Å². The van der Waals surface area contributed by atoms with Crippen LogP contribution in [-0.2, 0) is 11.3 Å². The van der Waals surface area contributed by atoms with Gasteiger partial charge >= 0.3 is 0 Å². The maximum Gasteiger partial charge on any atom is 0.122 e. The van der Waals surface area contributed by atoms with E-state index in [0.717, 1.165) is 17.1 Å². The Bertz CT molecular complexity index is 285. The predicted octanol–water partition coefficient (Wildman–Crippen LogP) is 2.36. The molecule has 0 radical (unpaired) electrons. The van der Waals surface area contributed by atoms with E-state index in [4.69, 9.17) is 14.2 Å². The standard InChI is InChI=1S/C11H14O3/c1-4-14-8-9-5-10(12-2)7-11(6-9)13-3/h4-7H,1,8H2,2-3H3. The van der Waals surface area contributed by atoms with Crippen LogP contribution in [0.1, 0.15) is 5.56 Å². The fourth-order valence-corrected chi connectivity index (χ4v) is 1.10. The summed E-state index contributed by atoms with van der Waals surface area (Å²) in [6, 6.07) is 5.61. The van der Waals surface area contributed by atoms with E-state index in [2.05, 4.69) is 6.58 Å². The van der Waals surface area contributed by atoms with Gasteiger partial charge in [-0.1, -0.05) is 6.58 Å². The van der Waals surface area contributed by atoms with Crippen molar-refractivity contribution in [2.24, 2.45) is 0 Å². The summed E-state index contributed by atoms with van der Waals surface area (Å²) in [4.78, 5) is 0. The molecule has 0 aliphatic carbocycles. The number of rotatable bonds is 5. The summed E-state index contributed by atoms with van der Waals surface area (Å²) >= 11 is 0. The van der Waals surface area contributed by atoms with Gasteiger partial charge in [-0.3, -0.25) is 0 Å². The molecule has 0 heterocycles. The molecule has 3 nitrogen and oxygen atoms in total. The maximum absolute atomic E-state index is 5.12. The quantitative estimate of drug-likeness (QED) is 0.673. The summed E-state index contributed by atoms with van der Waals surface area (Å²) in [5.74, 6) is 1.51. The van der Waals surface area contributed by atoms with E-state index in [-0.39, 0.29) is 0 Å². The third kappa shape index (κ3) is 2.69. The molecule has 3 heteroatoms. The van der Waals surface area contributed by atoms with Gasteiger partial charge in [0.05, 0.1) is 20.5 Å². The molecule has 0 spiro atoms. The number of methoxy groups -OCH3 is 2. The number of benzene rings is 1. The third-order valence-corrected chi connectivity index (χ3v) is 1.78. The fourth-order valence-electron chi connectivity index (χ4n) is 1.10. The molecule has 14 heavy (non-hydrogen) atoms. The molecule has 0 N–H and O–H groups in total. The Balaban J connectivity index is 2.86. The molecular weight excluding hydrogens is 180 g/mol. The first kappa shape index (κ1) is 10.4. The summed E-state index contributed by atoms with van der Waals surface area (Å²) in [6.45, 7) is 3.95. The molecule has 0 bridgehead atoms. The van der Waals surface area contributed by atoms with Crippen molar-refractivity contribution in [1.29, 1.82) is 0 Å². The Labute approximate surface area is 83.9 Å². The highest BCUT2D eigenvalue weighted by atomic mass is 16.5. The Morgan fingerprint density at radius 3 is 2.14 bits per heavy atom. The van der Waals surface area contributed by atoms with E-state index in [0.29, 0.717) is 6.61 Å². The van der Waals surface area contributed by atoms with E-state index in [1.54, 1.807) is 14.2 Å². The van der Waals surface area contributed by atoms with E-state index < -0.39 is 0 Å². The van der Waals surface area contributed by atoms with Crippen molar-refractivity contribution in [3.8, 4) is 11.5 Å². The molecule has 0 saturated heterocycles. The van der Waals surface area contributed by atoms with Gasteiger partial charge in [-0.25, -0.2) is 0 Å². The molecule has 76 valence electrons. The lowest BCUT2D eigenvalue weighted by Crippen LogP contribution is -1.92. The van der Waals surface area contributed by atoms with Gasteiger partial charge in [0.15, 0.2) is 0 Å². The molecule has 0 atom stereocenters. The molecular formula is C11H14O3. The van der Waals surface area contributed by atoms with E-state index in [1.165, 1.54) is 6.26 Å². The average molecular weight is 194 g/mol. The molecule has 1 aromatic carbocycles. The van der Waals surface area contributed by atoms with Crippen molar-refractivity contribution in [1.82, 2.24) is 0 Å². The lowest BCUT2D eigenvalue weighted by molar-refractivity contribution is 0.236. The first-order chi connectivity index (χ1) is 6.80. The van der Waals surface area contributed by atoms with Crippen molar-refractivity contribution < 1.29 is 14.2 Å². The Kier molecular flexibility index (Phi) is 3.85. The Morgan fingerprint density at radius 2 is 1.71 bits per heavy atom. The highest BCUT2D eigenvalue weighted by Crippen LogP contribution is 2.22. The zero-order valence-corrected chi connectivity index (χ0v) is 8.45. The van der Waals surface area contributed by atoms with Gasteiger partial charge in [0.2, 0.25) is 0 Å². The average Bonchev–Trinajstić information content (AvgIpc) is 2.25. The summed E-state index contributed by atoms with van der Waals surface area (Å²) in [7, 11) is 3.24. The minimum absolute atomic E-state index is 0.469. The van der Waals surface area contributed by atoms with Crippen molar-refractivity contribution in [3.05, 3.63) is 36.6 Å². The molecule has 1 rings (SSSR count). The van der Waals surface area contributed by atoms with Crippen LogP contribution in [0, 0.1) is 0 Å². The highest BCUT2D eigenvalue weighted by Gasteiger charge is 2.01. The van der Waals surface area contributed by atoms with Crippen LogP contribution in [-0.4, -0.2) is 14.2 Å². The maximum atomic E-state index is 5.12. The van der Waals surface area contributed by atoms with E-state index >= 15 is 0 Å². The van der Waals surface area contributed by atoms with Gasteiger partial charge in [0.25, 0.3) is 0 Å². The van der Waals surface area contributed by atoms with Gasteiger partial charge < -0.3 is 14.2 Å². The van der Waals surface area contributed by atoms with Crippen LogP contribution in [0.5, 0.6) is 11.5 Å². The second-order valence-corrected chi connectivity index (χ2v) is 2.70. The number of hydrogen-bond acceptors (Lipinski definition) is 3. The van der Waals surface area contributed by atoms with Gasteiger partial charge in [0, 0.05) is 6.07 Å². The third-order valence-electron chi connectivity index (χ3n) is 1.78. The Hall–Kier alpha value is -1.64. The van der Waals surface area contributed by atoms with Crippen molar-refractivity contribution in [2.75, 3.05) is 14.2 Å². The molecule has 0 fully saturated rings. The summed E-state index contributed by atoms with van der Waals surface area (Å²) in [6.07, 6.45) is 1.41. The van der Waals surface area contributed by atoms with E-state index in [9.17, 15) is 0 Å². The topological polar surface area (TPSA) is 27.7 Å². The molecule has 0 saturated carbocycles. The normalized spacial score (nSPS) is 9.29. The zero-order chi connectivity index (χ0) is 10.4. The van der Waals surface area contributed by atoms with Crippen LogP contribution in [0.2, 0.25) is 0 Å². The first-order valence-corrected chi connectivity index (χ1v) is 4.24. The van der Waals surface area contributed by atoms with Gasteiger partial charge in [0.1, 0.15) is 18.1 Å². The molecule has 0 aliphatic heterocycles. The summed E-state index contributed by atoms with van der Waals surface area (Å²) in [5.41, 5.74) is 0.987. The van der Waals surface area contributed by atoms with Gasteiger partial charge in [-0.2, -0.15) is 0 Å². The molecule has 1 aromatic rings. The lowest BCUT2D eigenvalue weighted by atomic mass is 10.2. The summed E-state index contributed by atoms with van der Waals surface area (Å²) in [5, 5.41) is 0. The van der Waals surface area contributed by atoms with Crippen molar-refractivity contribution in [2.45, 2.75) is 6.61 Å². The van der Waals surface area contributed by atoms with Crippen LogP contribution in [0.4, 0.5) is 0 Å². The molecule has 0 unspecified atom stereocenters. The number of hydrogen-bond donors (Lipinski definition) is 0. The van der Waals surface area contributed by atoms with Crippen molar-refractivity contribution >= 4 is 0 Å². The molecule has 0 aromatic heterocycles. The lowest BCUT2D eigenvalue weighted by Gasteiger charge is -2.07. The van der Waals surface area contributed by atoms with E-state index in [1.807, 2.05) is 18.2 Å².